The molecule has 2 aromatic carbocycles. The van der Waals surface area contributed by atoms with Crippen LogP contribution in [0.5, 0.6) is 0 Å². The fourth-order valence-corrected chi connectivity index (χ4v) is 6.00. The SMILES string of the molecule is CCC(CNC(=O)OCC1c2ccccc2-c2ccccc21)CC(=O)N1CCC[C@H]2C[C@]21C(=O)O. The monoisotopic (exact) mass is 476 g/mol. The summed E-state index contributed by atoms with van der Waals surface area (Å²) >= 11 is 0. The molecule has 3 aliphatic rings. The number of ether oxygens (including phenoxy) is 1. The Bertz CT molecular complexity index is 1100. The summed E-state index contributed by atoms with van der Waals surface area (Å²) in [6.07, 6.45) is 2.70. The topological polar surface area (TPSA) is 95.9 Å². The molecular weight excluding hydrogens is 444 g/mol. The lowest BCUT2D eigenvalue weighted by molar-refractivity contribution is -0.155. The van der Waals surface area contributed by atoms with Crippen molar-refractivity contribution in [2.45, 2.75) is 50.5 Å². The lowest BCUT2D eigenvalue weighted by Crippen LogP contribution is -2.51. The van der Waals surface area contributed by atoms with Crippen molar-refractivity contribution in [2.75, 3.05) is 19.7 Å². The standard InChI is InChI=1S/C28H32N2O5/c1-2-18(14-25(31)30-13-7-8-19-15-28(19,30)26(32)33)16-29-27(34)35-17-24-22-11-5-3-9-20(22)21-10-4-6-12-23(21)24/h3-6,9-12,18-19,24H,2,7-8,13-17H2,1H3,(H,29,34)(H,32,33)/t18?,19-,28+/m0/s1. The van der Waals surface area contributed by atoms with Gasteiger partial charge in [-0.05, 0) is 53.4 Å². The van der Waals surface area contributed by atoms with Crippen LogP contribution >= 0.6 is 0 Å². The Balaban J connectivity index is 1.15. The van der Waals surface area contributed by atoms with Crippen molar-refractivity contribution in [2.24, 2.45) is 11.8 Å². The van der Waals surface area contributed by atoms with Gasteiger partial charge < -0.3 is 20.1 Å². The predicted octanol–water partition coefficient (Wildman–Crippen LogP) is 4.41. The van der Waals surface area contributed by atoms with Crippen LogP contribution in [0.15, 0.2) is 48.5 Å². The lowest BCUT2D eigenvalue weighted by atomic mass is 9.97. The van der Waals surface area contributed by atoms with Gasteiger partial charge in [0.2, 0.25) is 5.91 Å². The third-order valence-corrected chi connectivity index (χ3v) is 8.08. The number of benzene rings is 2. The molecule has 1 unspecified atom stereocenters. The third-order valence-electron chi connectivity index (χ3n) is 8.08. The molecule has 2 N–H and O–H groups in total. The van der Waals surface area contributed by atoms with Crippen LogP contribution in [-0.2, 0) is 14.3 Å². The number of amides is 2. The fraction of sp³-hybridized carbons (Fsp3) is 0.464. The van der Waals surface area contributed by atoms with Crippen LogP contribution in [0.4, 0.5) is 4.79 Å². The zero-order valence-corrected chi connectivity index (χ0v) is 20.0. The van der Waals surface area contributed by atoms with E-state index in [4.69, 9.17) is 4.74 Å². The first kappa shape index (κ1) is 23.4. The van der Waals surface area contributed by atoms with Gasteiger partial charge in [0.1, 0.15) is 12.1 Å². The van der Waals surface area contributed by atoms with Crippen LogP contribution in [0, 0.1) is 11.8 Å². The second-order valence-electron chi connectivity index (χ2n) is 10.0. The van der Waals surface area contributed by atoms with Crippen LogP contribution in [0.25, 0.3) is 11.1 Å². The Labute approximate surface area is 205 Å². The van der Waals surface area contributed by atoms with E-state index in [1.54, 1.807) is 4.90 Å². The van der Waals surface area contributed by atoms with E-state index >= 15 is 0 Å². The molecule has 35 heavy (non-hydrogen) atoms. The minimum atomic E-state index is -0.992. The number of carbonyl (C=O) groups is 3. The summed E-state index contributed by atoms with van der Waals surface area (Å²) in [6.45, 7) is 3.03. The maximum absolute atomic E-state index is 13.0. The molecule has 5 rings (SSSR count). The highest BCUT2D eigenvalue weighted by atomic mass is 16.5. The van der Waals surface area contributed by atoms with Crippen molar-refractivity contribution in [3.63, 3.8) is 0 Å². The molecule has 2 amide bonds. The molecule has 0 radical (unpaired) electrons. The number of nitrogens with zero attached hydrogens (tertiary/aromatic N) is 1. The molecule has 1 saturated carbocycles. The number of aliphatic carboxylic acids is 1. The van der Waals surface area contributed by atoms with Crippen LogP contribution < -0.4 is 5.32 Å². The number of fused-ring (bicyclic) bond motifs is 4. The number of piperidine rings is 1. The zero-order chi connectivity index (χ0) is 24.6. The molecule has 1 heterocycles. The van der Waals surface area contributed by atoms with E-state index in [0.29, 0.717) is 25.9 Å². The number of carboxylic acids is 1. The highest BCUT2D eigenvalue weighted by molar-refractivity contribution is 5.90. The van der Waals surface area contributed by atoms with Crippen molar-refractivity contribution in [1.82, 2.24) is 10.2 Å². The van der Waals surface area contributed by atoms with Gasteiger partial charge >= 0.3 is 12.1 Å². The van der Waals surface area contributed by atoms with E-state index in [1.807, 2.05) is 31.2 Å². The maximum atomic E-state index is 13.0. The first-order valence-corrected chi connectivity index (χ1v) is 12.6. The van der Waals surface area contributed by atoms with Gasteiger partial charge in [-0.15, -0.1) is 0 Å². The average molecular weight is 477 g/mol. The summed E-state index contributed by atoms with van der Waals surface area (Å²) < 4.78 is 5.60. The largest absolute Gasteiger partial charge is 0.479 e. The zero-order valence-electron chi connectivity index (χ0n) is 20.0. The van der Waals surface area contributed by atoms with E-state index in [1.165, 1.54) is 11.1 Å². The Hall–Kier alpha value is -3.35. The first-order valence-electron chi connectivity index (χ1n) is 12.6. The van der Waals surface area contributed by atoms with Crippen molar-refractivity contribution < 1.29 is 24.2 Å². The normalized spacial score (nSPS) is 23.0. The maximum Gasteiger partial charge on any atom is 0.407 e. The summed E-state index contributed by atoms with van der Waals surface area (Å²) in [7, 11) is 0. The molecule has 3 atom stereocenters. The number of carbonyl (C=O) groups excluding carboxylic acids is 2. The van der Waals surface area contributed by atoms with Gasteiger partial charge in [0, 0.05) is 25.4 Å². The summed E-state index contributed by atoms with van der Waals surface area (Å²) in [5.74, 6) is -1.02. The molecule has 0 spiro atoms. The third kappa shape index (κ3) is 4.17. The van der Waals surface area contributed by atoms with Gasteiger partial charge in [0.05, 0.1) is 0 Å². The van der Waals surface area contributed by atoms with E-state index in [-0.39, 0.29) is 36.7 Å². The summed E-state index contributed by atoms with van der Waals surface area (Å²) in [4.78, 5) is 39.0. The number of alkyl carbamates (subject to hydrolysis) is 1. The first-order chi connectivity index (χ1) is 17.0. The summed E-state index contributed by atoms with van der Waals surface area (Å²) in [5, 5.41) is 12.5. The van der Waals surface area contributed by atoms with Crippen molar-refractivity contribution in [3.05, 3.63) is 59.7 Å². The number of hydrogen-bond donors (Lipinski definition) is 2. The second-order valence-corrected chi connectivity index (χ2v) is 10.0. The molecule has 0 aromatic heterocycles. The molecule has 2 fully saturated rings. The minimum absolute atomic E-state index is 0.00510. The molecule has 7 nitrogen and oxygen atoms in total. The summed E-state index contributed by atoms with van der Waals surface area (Å²) in [6, 6.07) is 16.4. The van der Waals surface area contributed by atoms with Crippen LogP contribution in [0.3, 0.4) is 0 Å². The fourth-order valence-electron chi connectivity index (χ4n) is 6.00. The van der Waals surface area contributed by atoms with Crippen LogP contribution in [0.1, 0.15) is 56.1 Å². The molecular formula is C28H32N2O5. The summed E-state index contributed by atoms with van der Waals surface area (Å²) in [5.41, 5.74) is 3.68. The number of carboxylic acid groups (broad SMARTS) is 1. The molecule has 1 aliphatic heterocycles. The molecule has 1 saturated heterocycles. The second kappa shape index (κ2) is 9.36. The number of nitrogens with one attached hydrogen (secondary N) is 1. The van der Waals surface area contributed by atoms with E-state index in [2.05, 4.69) is 29.6 Å². The number of rotatable bonds is 8. The van der Waals surface area contributed by atoms with Crippen molar-refractivity contribution in [3.8, 4) is 11.1 Å². The highest BCUT2D eigenvalue weighted by Crippen LogP contribution is 2.54. The van der Waals surface area contributed by atoms with Gasteiger partial charge in [-0.25, -0.2) is 9.59 Å². The predicted molar refractivity (Wildman–Crippen MR) is 131 cm³/mol. The Kier molecular flexibility index (Phi) is 6.26. The van der Waals surface area contributed by atoms with E-state index in [0.717, 1.165) is 24.0 Å². The Morgan fingerprint density at radius 1 is 1.11 bits per heavy atom. The van der Waals surface area contributed by atoms with E-state index in [9.17, 15) is 19.5 Å². The smallest absolute Gasteiger partial charge is 0.407 e. The molecule has 2 aromatic rings. The lowest BCUT2D eigenvalue weighted by Gasteiger charge is -2.34. The molecule has 7 heteroatoms. The highest BCUT2D eigenvalue weighted by Gasteiger charge is 2.66. The van der Waals surface area contributed by atoms with Crippen LogP contribution in [0.2, 0.25) is 0 Å². The van der Waals surface area contributed by atoms with Crippen molar-refractivity contribution >= 4 is 18.0 Å². The van der Waals surface area contributed by atoms with Gasteiger partial charge in [-0.2, -0.15) is 0 Å². The van der Waals surface area contributed by atoms with Crippen LogP contribution in [-0.4, -0.2) is 53.2 Å². The average Bonchev–Trinajstić information content (AvgIpc) is 3.56. The number of hydrogen-bond acceptors (Lipinski definition) is 4. The van der Waals surface area contributed by atoms with Gasteiger partial charge in [0.15, 0.2) is 0 Å². The Morgan fingerprint density at radius 2 is 1.77 bits per heavy atom. The molecule has 0 bridgehead atoms. The van der Waals surface area contributed by atoms with Crippen molar-refractivity contribution in [1.29, 1.82) is 0 Å². The molecule has 2 aliphatic carbocycles. The quantitative estimate of drug-likeness (QED) is 0.589. The van der Waals surface area contributed by atoms with Gasteiger partial charge in [-0.3, -0.25) is 4.79 Å². The van der Waals surface area contributed by atoms with E-state index < -0.39 is 17.6 Å². The van der Waals surface area contributed by atoms with Gasteiger partial charge in [-0.1, -0.05) is 61.9 Å². The molecule has 184 valence electrons. The number of likely N-dealkylation sites (tertiary alicyclic amines) is 1. The Morgan fingerprint density at radius 3 is 2.40 bits per heavy atom. The van der Waals surface area contributed by atoms with Gasteiger partial charge in [0.25, 0.3) is 0 Å². The minimum Gasteiger partial charge on any atom is -0.479 e.